The van der Waals surface area contributed by atoms with E-state index in [-0.39, 0.29) is 16.2 Å². The van der Waals surface area contributed by atoms with Crippen LogP contribution in [0.3, 0.4) is 0 Å². The quantitative estimate of drug-likeness (QED) is 0.176. The SMILES string of the molecule is CC(C)(C)c1ccc(Nc2cc3c(cc2-c2ccc4c5cc6c(cc5n5c4c2[B]c2cc4c(cc2-5)sc2ccccc24)-c2ccccc2C6(C)C)-c2ccccc2C3(C)C)cc1. The fourth-order valence-electron chi connectivity index (χ4n) is 11.5. The van der Waals surface area contributed by atoms with Crippen LogP contribution >= 0.6 is 11.3 Å². The Kier molecular flexibility index (Phi) is 7.13. The largest absolute Gasteiger partial charge is 0.355 e. The molecular weight excluding hydrogens is 768 g/mol. The maximum Gasteiger partial charge on any atom is 0.197 e. The molecule has 0 bridgehead atoms. The summed E-state index contributed by atoms with van der Waals surface area (Å²) in [5, 5.41) is 9.25. The van der Waals surface area contributed by atoms with Gasteiger partial charge in [-0.25, -0.2) is 0 Å². The summed E-state index contributed by atoms with van der Waals surface area (Å²) < 4.78 is 5.26. The monoisotopic (exact) mass is 813 g/mol. The van der Waals surface area contributed by atoms with Gasteiger partial charge in [-0.15, -0.1) is 11.3 Å². The standard InChI is InChI=1S/C58H46BN2S/c1-56(2,3)32-20-22-33(23-21-32)60-49-30-47-39(34-14-8-11-17-44(34)58(47,6)7)26-41(49)37-24-25-38-42-27-46-40(35-15-9-12-18-45(35)57(46,4)5)29-50(42)61-51-31-53-43(28-48(51)59-54(37)55(38)61)36-16-10-13-19-52(36)62-53/h8-31,60H,1-7H3. The minimum absolute atomic E-state index is 0.0793. The Balaban J connectivity index is 1.11. The number of hydrogen-bond acceptors (Lipinski definition) is 2. The first-order chi connectivity index (χ1) is 29.9. The van der Waals surface area contributed by atoms with E-state index in [1.807, 2.05) is 11.3 Å². The maximum atomic E-state index is 3.99. The third kappa shape index (κ3) is 4.82. The van der Waals surface area contributed by atoms with Gasteiger partial charge in [0.1, 0.15) is 0 Å². The second kappa shape index (κ2) is 12.2. The fourth-order valence-corrected chi connectivity index (χ4v) is 12.6. The van der Waals surface area contributed by atoms with Gasteiger partial charge in [0.2, 0.25) is 0 Å². The predicted octanol–water partition coefficient (Wildman–Crippen LogP) is 14.4. The van der Waals surface area contributed by atoms with Crippen molar-refractivity contribution in [2.24, 2.45) is 0 Å². The van der Waals surface area contributed by atoms with Crippen LogP contribution in [0.25, 0.3) is 81.0 Å². The summed E-state index contributed by atoms with van der Waals surface area (Å²) in [5.41, 5.74) is 23.1. The molecule has 0 unspecified atom stereocenters. The van der Waals surface area contributed by atoms with Gasteiger partial charge in [0, 0.05) is 64.5 Å². The van der Waals surface area contributed by atoms with Crippen molar-refractivity contribution in [1.82, 2.24) is 4.57 Å². The molecule has 1 aliphatic heterocycles. The van der Waals surface area contributed by atoms with Crippen LogP contribution in [0.1, 0.15) is 76.3 Å². The lowest BCUT2D eigenvalue weighted by molar-refractivity contribution is 0.590. The highest BCUT2D eigenvalue weighted by molar-refractivity contribution is 7.25. The third-order valence-electron chi connectivity index (χ3n) is 14.8. The van der Waals surface area contributed by atoms with E-state index >= 15 is 0 Å². The molecule has 13 rings (SSSR count). The van der Waals surface area contributed by atoms with Crippen molar-refractivity contribution in [2.75, 3.05) is 5.32 Å². The van der Waals surface area contributed by atoms with Crippen molar-refractivity contribution in [3.63, 3.8) is 0 Å². The molecule has 1 radical (unpaired) electrons. The summed E-state index contributed by atoms with van der Waals surface area (Å²) in [6.45, 7) is 16.4. The summed E-state index contributed by atoms with van der Waals surface area (Å²) in [6, 6.07) is 55.7. The minimum Gasteiger partial charge on any atom is -0.355 e. The number of anilines is 2. The Morgan fingerprint density at radius 1 is 0.516 bits per heavy atom. The first kappa shape index (κ1) is 36.3. The van der Waals surface area contributed by atoms with E-state index in [4.69, 9.17) is 0 Å². The molecule has 2 aliphatic carbocycles. The van der Waals surface area contributed by atoms with Gasteiger partial charge in [-0.05, 0) is 120 Å². The highest BCUT2D eigenvalue weighted by Crippen LogP contribution is 2.54. The average Bonchev–Trinajstić information content (AvgIpc) is 3.93. The number of nitrogens with zero attached hydrogens (tertiary/aromatic N) is 1. The third-order valence-corrected chi connectivity index (χ3v) is 15.9. The number of fused-ring (bicyclic) bond motifs is 14. The molecule has 0 amide bonds. The van der Waals surface area contributed by atoms with E-state index < -0.39 is 0 Å². The van der Waals surface area contributed by atoms with Gasteiger partial charge in [0.05, 0.1) is 5.52 Å². The zero-order chi connectivity index (χ0) is 42.0. The van der Waals surface area contributed by atoms with Crippen molar-refractivity contribution in [3.05, 3.63) is 173 Å². The number of benzene rings is 8. The first-order valence-corrected chi connectivity index (χ1v) is 22.9. The van der Waals surface area contributed by atoms with E-state index in [0.29, 0.717) is 0 Å². The van der Waals surface area contributed by atoms with Crippen LogP contribution in [-0.2, 0) is 16.2 Å². The van der Waals surface area contributed by atoms with E-state index in [9.17, 15) is 0 Å². The van der Waals surface area contributed by atoms with E-state index in [1.54, 1.807) is 0 Å². The highest BCUT2D eigenvalue weighted by atomic mass is 32.1. The molecule has 62 heavy (non-hydrogen) atoms. The molecule has 0 saturated heterocycles. The van der Waals surface area contributed by atoms with Gasteiger partial charge in [0.25, 0.3) is 0 Å². The molecule has 4 heteroatoms. The molecule has 3 heterocycles. The summed E-state index contributed by atoms with van der Waals surface area (Å²) in [5.74, 6) is 0. The van der Waals surface area contributed by atoms with E-state index in [2.05, 4.69) is 211 Å². The van der Waals surface area contributed by atoms with Crippen LogP contribution in [0.15, 0.2) is 146 Å². The normalized spacial score (nSPS) is 15.1. The molecule has 0 fully saturated rings. The van der Waals surface area contributed by atoms with E-state index in [0.717, 1.165) is 11.4 Å². The molecule has 297 valence electrons. The van der Waals surface area contributed by atoms with Crippen molar-refractivity contribution >= 4 is 82.9 Å². The lowest BCUT2D eigenvalue weighted by Gasteiger charge is -2.26. The molecule has 1 N–H and O–H groups in total. The van der Waals surface area contributed by atoms with Gasteiger partial charge >= 0.3 is 0 Å². The Bertz CT molecular complexity index is 3610. The van der Waals surface area contributed by atoms with Crippen molar-refractivity contribution in [3.8, 4) is 39.1 Å². The molecule has 8 aromatic carbocycles. The van der Waals surface area contributed by atoms with Crippen molar-refractivity contribution in [1.29, 1.82) is 0 Å². The van der Waals surface area contributed by atoms with Crippen LogP contribution in [-0.4, -0.2) is 11.8 Å². The minimum atomic E-state index is -0.131. The molecule has 10 aromatic rings. The average molecular weight is 814 g/mol. The van der Waals surface area contributed by atoms with Crippen LogP contribution < -0.4 is 16.2 Å². The molecule has 2 nitrogen and oxygen atoms in total. The summed E-state index contributed by atoms with van der Waals surface area (Å²) in [4.78, 5) is 0. The lowest BCUT2D eigenvalue weighted by Crippen LogP contribution is -2.37. The Hall–Kier alpha value is -6.36. The molecule has 0 spiro atoms. The zero-order valence-corrected chi connectivity index (χ0v) is 37.1. The zero-order valence-electron chi connectivity index (χ0n) is 36.3. The molecule has 0 atom stereocenters. The number of aromatic nitrogens is 1. The number of hydrogen-bond donors (Lipinski definition) is 1. The lowest BCUT2D eigenvalue weighted by atomic mass is 9.59. The molecule has 3 aliphatic rings. The van der Waals surface area contributed by atoms with Crippen LogP contribution in [0.4, 0.5) is 11.4 Å². The van der Waals surface area contributed by atoms with E-state index in [1.165, 1.54) is 120 Å². The van der Waals surface area contributed by atoms with Crippen molar-refractivity contribution in [2.45, 2.75) is 64.7 Å². The van der Waals surface area contributed by atoms with Gasteiger partial charge < -0.3 is 9.88 Å². The van der Waals surface area contributed by atoms with Gasteiger partial charge in [-0.1, -0.05) is 151 Å². The smallest absolute Gasteiger partial charge is 0.197 e. The first-order valence-electron chi connectivity index (χ1n) is 22.1. The maximum absolute atomic E-state index is 3.99. The van der Waals surface area contributed by atoms with Crippen LogP contribution in [0, 0.1) is 0 Å². The predicted molar refractivity (Wildman–Crippen MR) is 268 cm³/mol. The Morgan fingerprint density at radius 3 is 1.90 bits per heavy atom. The Morgan fingerprint density at radius 2 is 1.18 bits per heavy atom. The van der Waals surface area contributed by atoms with Gasteiger partial charge in [-0.2, -0.15) is 0 Å². The summed E-state index contributed by atoms with van der Waals surface area (Å²) in [7, 11) is 2.50. The topological polar surface area (TPSA) is 17.0 Å². The molecule has 2 aromatic heterocycles. The number of nitrogens with one attached hydrogen (secondary N) is 1. The second-order valence-electron chi connectivity index (χ2n) is 20.1. The second-order valence-corrected chi connectivity index (χ2v) is 21.1. The van der Waals surface area contributed by atoms with Crippen LogP contribution in [0.2, 0.25) is 0 Å². The van der Waals surface area contributed by atoms with Gasteiger partial charge in [0.15, 0.2) is 7.28 Å². The number of rotatable bonds is 3. The fraction of sp³-hybridized carbons (Fsp3) is 0.172. The molecular formula is C58H46BN2S. The Labute approximate surface area is 368 Å². The summed E-state index contributed by atoms with van der Waals surface area (Å²) in [6.07, 6.45) is 0. The summed E-state index contributed by atoms with van der Waals surface area (Å²) >= 11 is 1.90. The molecule has 0 saturated carbocycles. The number of thiophene rings is 1. The van der Waals surface area contributed by atoms with Gasteiger partial charge in [-0.3, -0.25) is 0 Å². The highest BCUT2D eigenvalue weighted by Gasteiger charge is 2.39. The van der Waals surface area contributed by atoms with Crippen molar-refractivity contribution < 1.29 is 0 Å². The van der Waals surface area contributed by atoms with Crippen LogP contribution in [0.5, 0.6) is 0 Å².